The molecule has 15 heavy (non-hydrogen) atoms. The summed E-state index contributed by atoms with van der Waals surface area (Å²) in [7, 11) is -2.09. The van der Waals surface area contributed by atoms with Gasteiger partial charge in [-0.3, -0.25) is 4.79 Å². The van der Waals surface area contributed by atoms with Crippen LogP contribution < -0.4 is 0 Å². The van der Waals surface area contributed by atoms with E-state index in [-0.39, 0.29) is 5.75 Å². The van der Waals surface area contributed by atoms with Crippen LogP contribution in [0.4, 0.5) is 0 Å². The Morgan fingerprint density at radius 1 is 1.27 bits per heavy atom. The van der Waals surface area contributed by atoms with Crippen LogP contribution in [0.15, 0.2) is 0 Å². The molecule has 0 aromatic carbocycles. The van der Waals surface area contributed by atoms with Gasteiger partial charge in [-0.1, -0.05) is 26.2 Å². The molecule has 0 rings (SSSR count). The molecule has 90 valence electrons. The number of sulfonamides is 1. The first-order chi connectivity index (χ1) is 6.90. The van der Waals surface area contributed by atoms with Crippen molar-refractivity contribution < 1.29 is 18.3 Å². The number of hydrogen-bond acceptors (Lipinski definition) is 3. The van der Waals surface area contributed by atoms with E-state index in [2.05, 4.69) is 0 Å². The van der Waals surface area contributed by atoms with Gasteiger partial charge in [0.05, 0.1) is 5.75 Å². The van der Waals surface area contributed by atoms with Crippen molar-refractivity contribution >= 4 is 16.0 Å². The number of nitrogens with zero attached hydrogens (tertiary/aromatic N) is 1. The van der Waals surface area contributed by atoms with Gasteiger partial charge in [0.2, 0.25) is 10.0 Å². The molecule has 0 radical (unpaired) electrons. The predicted molar refractivity (Wildman–Crippen MR) is 58.2 cm³/mol. The number of unbranched alkanes of at least 4 members (excludes halogenated alkanes) is 3. The summed E-state index contributed by atoms with van der Waals surface area (Å²) in [5.41, 5.74) is 0. The molecule has 0 atom stereocenters. The highest BCUT2D eigenvalue weighted by Crippen LogP contribution is 2.05. The van der Waals surface area contributed by atoms with Crippen LogP contribution in [-0.2, 0) is 14.8 Å². The maximum atomic E-state index is 11.5. The molecule has 6 heteroatoms. The topological polar surface area (TPSA) is 74.7 Å². The largest absolute Gasteiger partial charge is 0.480 e. The van der Waals surface area contributed by atoms with Gasteiger partial charge < -0.3 is 5.11 Å². The quantitative estimate of drug-likeness (QED) is 0.637. The van der Waals surface area contributed by atoms with E-state index in [4.69, 9.17) is 5.11 Å². The van der Waals surface area contributed by atoms with Gasteiger partial charge in [-0.15, -0.1) is 0 Å². The highest BCUT2D eigenvalue weighted by molar-refractivity contribution is 7.89. The maximum Gasteiger partial charge on any atom is 0.318 e. The molecule has 0 aliphatic carbocycles. The Balaban J connectivity index is 4.00. The summed E-state index contributed by atoms with van der Waals surface area (Å²) in [5, 5.41) is 8.45. The Bertz CT molecular complexity index is 286. The number of likely N-dealkylation sites (N-methyl/N-ethyl adjacent to an activating group) is 1. The molecule has 0 saturated carbocycles. The third-order valence-corrected chi connectivity index (χ3v) is 3.97. The van der Waals surface area contributed by atoms with Gasteiger partial charge in [-0.25, -0.2) is 8.42 Å². The Hall–Kier alpha value is -0.620. The summed E-state index contributed by atoms with van der Waals surface area (Å²) in [6, 6.07) is 0. The summed E-state index contributed by atoms with van der Waals surface area (Å²) in [5.74, 6) is -1.09. The predicted octanol–water partition coefficient (Wildman–Crippen LogP) is 0.913. The monoisotopic (exact) mass is 237 g/mol. The van der Waals surface area contributed by atoms with Crippen LogP contribution in [-0.4, -0.2) is 43.1 Å². The van der Waals surface area contributed by atoms with Gasteiger partial charge in [0.15, 0.2) is 0 Å². The fraction of sp³-hybridized carbons (Fsp3) is 0.889. The second-order valence-electron chi connectivity index (χ2n) is 3.53. The number of rotatable bonds is 8. The number of carboxylic acids is 1. The van der Waals surface area contributed by atoms with E-state index < -0.39 is 22.5 Å². The van der Waals surface area contributed by atoms with Gasteiger partial charge in [0.25, 0.3) is 0 Å². The maximum absolute atomic E-state index is 11.5. The standard InChI is InChI=1S/C9H19NO4S/c1-3-4-5-6-7-15(13,14)10(2)8-9(11)12/h3-8H2,1-2H3,(H,11,12). The average Bonchev–Trinajstić information content (AvgIpc) is 2.11. The summed E-state index contributed by atoms with van der Waals surface area (Å²) in [4.78, 5) is 10.3. The number of aliphatic carboxylic acids is 1. The van der Waals surface area contributed by atoms with E-state index in [1.54, 1.807) is 0 Å². The smallest absolute Gasteiger partial charge is 0.318 e. The third kappa shape index (κ3) is 6.46. The minimum atomic E-state index is -3.38. The molecule has 0 heterocycles. The van der Waals surface area contributed by atoms with Gasteiger partial charge >= 0.3 is 5.97 Å². The fourth-order valence-electron chi connectivity index (χ4n) is 1.16. The fourth-order valence-corrected chi connectivity index (χ4v) is 2.34. The molecule has 0 unspecified atom stereocenters. The lowest BCUT2D eigenvalue weighted by atomic mass is 10.2. The SMILES string of the molecule is CCCCCCS(=O)(=O)N(C)CC(=O)O. The van der Waals surface area contributed by atoms with E-state index in [1.165, 1.54) is 7.05 Å². The molecule has 0 aromatic heterocycles. The van der Waals surface area contributed by atoms with E-state index in [1.807, 2.05) is 6.92 Å². The Morgan fingerprint density at radius 3 is 2.33 bits per heavy atom. The molecular weight excluding hydrogens is 218 g/mol. The lowest BCUT2D eigenvalue weighted by molar-refractivity contribution is -0.137. The van der Waals surface area contributed by atoms with Crippen LogP contribution in [0.3, 0.4) is 0 Å². The van der Waals surface area contributed by atoms with Gasteiger partial charge in [0.1, 0.15) is 6.54 Å². The van der Waals surface area contributed by atoms with Crippen LogP contribution in [0, 0.1) is 0 Å². The number of carbonyl (C=O) groups is 1. The summed E-state index contributed by atoms with van der Waals surface area (Å²) < 4.78 is 23.9. The van der Waals surface area contributed by atoms with Crippen LogP contribution in [0.25, 0.3) is 0 Å². The van der Waals surface area contributed by atoms with Crippen LogP contribution in [0.5, 0.6) is 0 Å². The lowest BCUT2D eigenvalue weighted by Gasteiger charge is -2.14. The second-order valence-corrected chi connectivity index (χ2v) is 5.72. The van der Waals surface area contributed by atoms with E-state index in [9.17, 15) is 13.2 Å². The van der Waals surface area contributed by atoms with Crippen molar-refractivity contribution in [3.8, 4) is 0 Å². The van der Waals surface area contributed by atoms with Crippen molar-refractivity contribution in [1.29, 1.82) is 0 Å². The average molecular weight is 237 g/mol. The minimum absolute atomic E-state index is 0.0385. The zero-order chi connectivity index (χ0) is 11.9. The van der Waals surface area contributed by atoms with Crippen molar-refractivity contribution in [2.45, 2.75) is 32.6 Å². The summed E-state index contributed by atoms with van der Waals surface area (Å²) in [6.45, 7) is 1.58. The molecule has 0 aliphatic heterocycles. The van der Waals surface area contributed by atoms with E-state index in [0.29, 0.717) is 6.42 Å². The highest BCUT2D eigenvalue weighted by atomic mass is 32.2. The Labute approximate surface area is 91.1 Å². The van der Waals surface area contributed by atoms with Crippen molar-refractivity contribution in [1.82, 2.24) is 4.31 Å². The van der Waals surface area contributed by atoms with Crippen LogP contribution in [0.1, 0.15) is 32.6 Å². The first kappa shape index (κ1) is 14.4. The molecule has 0 saturated heterocycles. The molecule has 5 nitrogen and oxygen atoms in total. The molecule has 0 aromatic rings. The zero-order valence-corrected chi connectivity index (χ0v) is 10.1. The third-order valence-electron chi connectivity index (χ3n) is 2.09. The van der Waals surface area contributed by atoms with Crippen LogP contribution in [0.2, 0.25) is 0 Å². The lowest BCUT2D eigenvalue weighted by Crippen LogP contribution is -2.33. The van der Waals surface area contributed by atoms with E-state index >= 15 is 0 Å². The Morgan fingerprint density at radius 2 is 1.87 bits per heavy atom. The van der Waals surface area contributed by atoms with Gasteiger partial charge in [-0.2, -0.15) is 4.31 Å². The Kier molecular flexibility index (Phi) is 6.51. The molecule has 0 bridgehead atoms. The molecule has 0 aliphatic rings. The molecule has 0 amide bonds. The number of hydrogen-bond donors (Lipinski definition) is 1. The first-order valence-corrected chi connectivity index (χ1v) is 6.67. The van der Waals surface area contributed by atoms with Crippen molar-refractivity contribution in [3.63, 3.8) is 0 Å². The second kappa shape index (κ2) is 6.79. The highest BCUT2D eigenvalue weighted by Gasteiger charge is 2.19. The zero-order valence-electron chi connectivity index (χ0n) is 9.27. The number of carboxylic acid groups (broad SMARTS) is 1. The van der Waals surface area contributed by atoms with Gasteiger partial charge in [0, 0.05) is 7.05 Å². The normalized spacial score (nSPS) is 11.9. The molecule has 1 N–H and O–H groups in total. The minimum Gasteiger partial charge on any atom is -0.480 e. The molecule has 0 spiro atoms. The van der Waals surface area contributed by atoms with E-state index in [0.717, 1.165) is 23.6 Å². The van der Waals surface area contributed by atoms with Crippen molar-refractivity contribution in [3.05, 3.63) is 0 Å². The summed E-state index contributed by atoms with van der Waals surface area (Å²) >= 11 is 0. The molecule has 0 fully saturated rings. The van der Waals surface area contributed by atoms with Crippen LogP contribution >= 0.6 is 0 Å². The molecular formula is C9H19NO4S. The van der Waals surface area contributed by atoms with Gasteiger partial charge in [-0.05, 0) is 6.42 Å². The summed E-state index contributed by atoms with van der Waals surface area (Å²) in [6.07, 6.45) is 3.53. The van der Waals surface area contributed by atoms with Crippen molar-refractivity contribution in [2.75, 3.05) is 19.3 Å². The van der Waals surface area contributed by atoms with Crippen molar-refractivity contribution in [2.24, 2.45) is 0 Å². The first-order valence-electron chi connectivity index (χ1n) is 5.06.